The molecule has 17 heavy (non-hydrogen) atoms. The van der Waals surface area contributed by atoms with Crippen molar-refractivity contribution in [1.82, 2.24) is 0 Å². The summed E-state index contributed by atoms with van der Waals surface area (Å²) in [6.07, 6.45) is 0. The molecule has 0 heterocycles. The van der Waals surface area contributed by atoms with E-state index in [0.717, 1.165) is 22.1 Å². The lowest BCUT2D eigenvalue weighted by Crippen LogP contribution is -2.08. The van der Waals surface area contributed by atoms with Gasteiger partial charge in [-0.25, -0.2) is 0 Å². The normalized spacial score (nSPS) is 11.1. The number of benzene rings is 2. The van der Waals surface area contributed by atoms with E-state index in [4.69, 9.17) is 14.9 Å². The van der Waals surface area contributed by atoms with Gasteiger partial charge in [0.1, 0.15) is 5.75 Å². The summed E-state index contributed by atoms with van der Waals surface area (Å²) in [5.41, 5.74) is 0.952. The lowest BCUT2D eigenvalue weighted by atomic mass is 9.97. The van der Waals surface area contributed by atoms with Crippen LogP contribution in [0.5, 0.6) is 5.75 Å². The summed E-state index contributed by atoms with van der Waals surface area (Å²) in [6.45, 7) is -0.0870. The average Bonchev–Trinajstić information content (AvgIpc) is 2.39. The monoisotopic (exact) mass is 232 g/mol. The van der Waals surface area contributed by atoms with E-state index in [1.807, 2.05) is 36.4 Å². The highest BCUT2D eigenvalue weighted by Gasteiger charge is 2.09. The second-order valence-electron chi connectivity index (χ2n) is 4.03. The van der Waals surface area contributed by atoms with Crippen LogP contribution in [0, 0.1) is 0 Å². The molecule has 2 rings (SSSR count). The van der Waals surface area contributed by atoms with Gasteiger partial charge < -0.3 is 14.9 Å². The van der Waals surface area contributed by atoms with E-state index in [-0.39, 0.29) is 19.1 Å². The van der Waals surface area contributed by atoms with E-state index < -0.39 is 0 Å². The van der Waals surface area contributed by atoms with Crippen molar-refractivity contribution in [2.75, 3.05) is 20.3 Å². The molecule has 0 aliphatic heterocycles. The molecule has 0 amide bonds. The minimum Gasteiger partial charge on any atom is -0.497 e. The van der Waals surface area contributed by atoms with Crippen LogP contribution in [0.1, 0.15) is 11.5 Å². The Hall–Kier alpha value is -1.58. The molecular formula is C14H16O3. The lowest BCUT2D eigenvalue weighted by Gasteiger charge is -2.12. The van der Waals surface area contributed by atoms with Gasteiger partial charge in [-0.3, -0.25) is 0 Å². The standard InChI is InChI=1S/C14H16O3/c1-17-14-5-4-10-6-11(13(8-15)9-16)2-3-12(10)7-14/h2-7,13,15-16H,8-9H2,1H3. The number of fused-ring (bicyclic) bond motifs is 1. The Morgan fingerprint density at radius 1 is 1.00 bits per heavy atom. The second kappa shape index (κ2) is 5.17. The van der Waals surface area contributed by atoms with E-state index in [9.17, 15) is 0 Å². The van der Waals surface area contributed by atoms with Crippen molar-refractivity contribution in [3.63, 3.8) is 0 Å². The maximum atomic E-state index is 9.15. The fraction of sp³-hybridized carbons (Fsp3) is 0.286. The molecule has 2 aromatic rings. The van der Waals surface area contributed by atoms with Crippen LogP contribution in [0.2, 0.25) is 0 Å². The van der Waals surface area contributed by atoms with Crippen molar-refractivity contribution in [1.29, 1.82) is 0 Å². The molecule has 2 N–H and O–H groups in total. The number of ether oxygens (including phenoxy) is 1. The molecular weight excluding hydrogens is 216 g/mol. The first-order valence-electron chi connectivity index (χ1n) is 5.58. The molecule has 0 saturated carbocycles. The van der Waals surface area contributed by atoms with Gasteiger partial charge >= 0.3 is 0 Å². The minimum absolute atomic E-state index is 0.0435. The Morgan fingerprint density at radius 3 is 2.29 bits per heavy atom. The second-order valence-corrected chi connectivity index (χ2v) is 4.03. The summed E-state index contributed by atoms with van der Waals surface area (Å²) in [5, 5.41) is 20.5. The average molecular weight is 232 g/mol. The zero-order valence-electron chi connectivity index (χ0n) is 9.76. The first kappa shape index (κ1) is 11.9. The third-order valence-corrected chi connectivity index (χ3v) is 2.98. The van der Waals surface area contributed by atoms with Gasteiger partial charge in [0, 0.05) is 5.92 Å². The van der Waals surface area contributed by atoms with Crippen molar-refractivity contribution in [2.45, 2.75) is 5.92 Å². The van der Waals surface area contributed by atoms with Crippen LogP contribution in [0.25, 0.3) is 10.8 Å². The van der Waals surface area contributed by atoms with Crippen molar-refractivity contribution < 1.29 is 14.9 Å². The van der Waals surface area contributed by atoms with E-state index >= 15 is 0 Å². The number of aliphatic hydroxyl groups is 2. The molecule has 0 radical (unpaired) electrons. The summed E-state index contributed by atoms with van der Waals surface area (Å²) < 4.78 is 5.16. The molecule has 0 bridgehead atoms. The summed E-state index contributed by atoms with van der Waals surface area (Å²) in [7, 11) is 1.64. The Bertz CT molecular complexity index is 504. The largest absolute Gasteiger partial charge is 0.497 e. The number of hydrogen-bond donors (Lipinski definition) is 2. The number of rotatable bonds is 4. The molecule has 3 nitrogen and oxygen atoms in total. The number of hydrogen-bond acceptors (Lipinski definition) is 3. The zero-order valence-corrected chi connectivity index (χ0v) is 9.76. The fourth-order valence-electron chi connectivity index (χ4n) is 1.89. The van der Waals surface area contributed by atoms with Crippen LogP contribution in [0.4, 0.5) is 0 Å². The van der Waals surface area contributed by atoms with Crippen LogP contribution in [-0.4, -0.2) is 30.5 Å². The highest BCUT2D eigenvalue weighted by Crippen LogP contribution is 2.24. The minimum atomic E-state index is -0.207. The van der Waals surface area contributed by atoms with Crippen molar-refractivity contribution in [3.8, 4) is 5.75 Å². The zero-order chi connectivity index (χ0) is 12.3. The molecule has 0 atom stereocenters. The van der Waals surface area contributed by atoms with Crippen LogP contribution in [-0.2, 0) is 0 Å². The topological polar surface area (TPSA) is 49.7 Å². The molecule has 0 aliphatic rings. The maximum absolute atomic E-state index is 9.15. The highest BCUT2D eigenvalue weighted by molar-refractivity contribution is 5.84. The fourth-order valence-corrected chi connectivity index (χ4v) is 1.89. The first-order valence-corrected chi connectivity index (χ1v) is 5.58. The van der Waals surface area contributed by atoms with Crippen molar-refractivity contribution in [2.24, 2.45) is 0 Å². The maximum Gasteiger partial charge on any atom is 0.119 e. The van der Waals surface area contributed by atoms with Gasteiger partial charge in [-0.2, -0.15) is 0 Å². The van der Waals surface area contributed by atoms with E-state index in [1.54, 1.807) is 7.11 Å². The number of methoxy groups -OCH3 is 1. The first-order chi connectivity index (χ1) is 8.28. The van der Waals surface area contributed by atoms with Crippen molar-refractivity contribution >= 4 is 10.8 Å². The molecule has 0 unspecified atom stereocenters. The van der Waals surface area contributed by atoms with Crippen molar-refractivity contribution in [3.05, 3.63) is 42.0 Å². The Labute approximate surface area is 100 Å². The quantitative estimate of drug-likeness (QED) is 0.846. The summed E-state index contributed by atoms with van der Waals surface area (Å²) in [4.78, 5) is 0. The number of aliphatic hydroxyl groups excluding tert-OH is 2. The van der Waals surface area contributed by atoms with Gasteiger partial charge in [-0.1, -0.05) is 24.3 Å². The summed E-state index contributed by atoms with van der Waals surface area (Å²) in [6, 6.07) is 11.7. The van der Waals surface area contributed by atoms with Gasteiger partial charge in [0.2, 0.25) is 0 Å². The molecule has 0 fully saturated rings. The van der Waals surface area contributed by atoms with Gasteiger partial charge in [0.05, 0.1) is 20.3 Å². The third-order valence-electron chi connectivity index (χ3n) is 2.98. The summed E-state index contributed by atoms with van der Waals surface area (Å²) in [5.74, 6) is 0.618. The van der Waals surface area contributed by atoms with Crippen LogP contribution in [0.3, 0.4) is 0 Å². The predicted molar refractivity (Wildman–Crippen MR) is 67.4 cm³/mol. The molecule has 3 heteroatoms. The molecule has 90 valence electrons. The molecule has 0 aliphatic carbocycles. The molecule has 0 aromatic heterocycles. The van der Waals surface area contributed by atoms with Crippen LogP contribution in [0.15, 0.2) is 36.4 Å². The van der Waals surface area contributed by atoms with E-state index in [1.165, 1.54) is 0 Å². The van der Waals surface area contributed by atoms with Crippen LogP contribution < -0.4 is 4.74 Å². The SMILES string of the molecule is COc1ccc2cc(C(CO)CO)ccc2c1. The van der Waals surface area contributed by atoms with Gasteiger partial charge in [-0.15, -0.1) is 0 Å². The molecule has 0 spiro atoms. The van der Waals surface area contributed by atoms with Gasteiger partial charge in [0.25, 0.3) is 0 Å². The molecule has 0 saturated heterocycles. The Balaban J connectivity index is 2.44. The van der Waals surface area contributed by atoms with Gasteiger partial charge in [-0.05, 0) is 28.5 Å². The summed E-state index contributed by atoms with van der Waals surface area (Å²) >= 11 is 0. The smallest absolute Gasteiger partial charge is 0.119 e. The Morgan fingerprint density at radius 2 is 1.65 bits per heavy atom. The van der Waals surface area contributed by atoms with E-state index in [2.05, 4.69) is 0 Å². The predicted octanol–water partition coefficient (Wildman–Crippen LogP) is 1.92. The van der Waals surface area contributed by atoms with Crippen LogP contribution >= 0.6 is 0 Å². The lowest BCUT2D eigenvalue weighted by molar-refractivity contribution is 0.192. The van der Waals surface area contributed by atoms with Gasteiger partial charge in [0.15, 0.2) is 0 Å². The molecule has 2 aromatic carbocycles. The third kappa shape index (κ3) is 2.40. The Kier molecular flexibility index (Phi) is 3.61. The highest BCUT2D eigenvalue weighted by atomic mass is 16.5. The van der Waals surface area contributed by atoms with E-state index in [0.29, 0.717) is 0 Å².